The van der Waals surface area contributed by atoms with Crippen molar-refractivity contribution in [3.8, 4) is 0 Å². The predicted molar refractivity (Wildman–Crippen MR) is 83.5 cm³/mol. The summed E-state index contributed by atoms with van der Waals surface area (Å²) in [5.41, 5.74) is 1.77. The lowest BCUT2D eigenvalue weighted by Gasteiger charge is -2.21. The molecule has 2 amide bonds. The Morgan fingerprint density at radius 2 is 1.90 bits per heavy atom. The molecule has 1 aromatic carbocycles. The number of aryl methyl sites for hydroxylation is 1. The smallest absolute Gasteiger partial charge is 0.326 e. The number of urea groups is 1. The Morgan fingerprint density at radius 3 is 2.48 bits per heavy atom. The van der Waals surface area contributed by atoms with Crippen molar-refractivity contribution in [2.45, 2.75) is 46.1 Å². The fraction of sp³-hybridized carbons (Fsp3) is 0.500. The van der Waals surface area contributed by atoms with Crippen LogP contribution in [-0.2, 0) is 11.2 Å². The number of carboxylic acid groups (broad SMARTS) is 1. The van der Waals surface area contributed by atoms with Crippen molar-refractivity contribution in [3.05, 3.63) is 29.8 Å². The molecule has 0 spiro atoms. The molecule has 0 bridgehead atoms. The predicted octanol–water partition coefficient (Wildman–Crippen LogP) is 3.26. The van der Waals surface area contributed by atoms with Gasteiger partial charge in [-0.3, -0.25) is 0 Å². The molecule has 0 fully saturated rings. The zero-order valence-corrected chi connectivity index (χ0v) is 12.8. The molecule has 21 heavy (non-hydrogen) atoms. The molecule has 0 saturated heterocycles. The van der Waals surface area contributed by atoms with Crippen LogP contribution in [0.1, 0.15) is 39.2 Å². The van der Waals surface area contributed by atoms with Gasteiger partial charge >= 0.3 is 12.0 Å². The van der Waals surface area contributed by atoms with Crippen molar-refractivity contribution in [2.24, 2.45) is 5.92 Å². The molecule has 2 atom stereocenters. The Balaban J connectivity index is 2.74. The average Bonchev–Trinajstić information content (AvgIpc) is 2.46. The molecule has 0 saturated carbocycles. The first-order chi connectivity index (χ1) is 9.99. The molecule has 1 rings (SSSR count). The van der Waals surface area contributed by atoms with Gasteiger partial charge in [0.15, 0.2) is 0 Å². The van der Waals surface area contributed by atoms with Gasteiger partial charge in [-0.25, -0.2) is 9.59 Å². The Bertz CT molecular complexity index is 488. The number of rotatable bonds is 7. The van der Waals surface area contributed by atoms with E-state index in [9.17, 15) is 14.7 Å². The van der Waals surface area contributed by atoms with E-state index in [1.165, 1.54) is 0 Å². The highest BCUT2D eigenvalue weighted by Crippen LogP contribution is 2.17. The van der Waals surface area contributed by atoms with E-state index in [0.717, 1.165) is 24.1 Å². The van der Waals surface area contributed by atoms with Crippen LogP contribution in [0.3, 0.4) is 0 Å². The Hall–Kier alpha value is -2.04. The van der Waals surface area contributed by atoms with Crippen LogP contribution in [0.25, 0.3) is 0 Å². The summed E-state index contributed by atoms with van der Waals surface area (Å²) in [6, 6.07) is 6.19. The van der Waals surface area contributed by atoms with Crippen molar-refractivity contribution in [3.63, 3.8) is 0 Å². The fourth-order valence-electron chi connectivity index (χ4n) is 2.11. The third kappa shape index (κ3) is 5.10. The van der Waals surface area contributed by atoms with Crippen LogP contribution in [0.4, 0.5) is 10.5 Å². The summed E-state index contributed by atoms with van der Waals surface area (Å²) in [5.74, 6) is -1.14. The van der Waals surface area contributed by atoms with Crippen LogP contribution in [0.15, 0.2) is 24.3 Å². The first-order valence-electron chi connectivity index (χ1n) is 7.37. The maximum atomic E-state index is 12.0. The van der Waals surface area contributed by atoms with Crippen molar-refractivity contribution < 1.29 is 14.7 Å². The quantitative estimate of drug-likeness (QED) is 0.721. The SMILES string of the molecule is CCCc1ccccc1NC(=O)NC(C(=O)O)C(C)CC. The van der Waals surface area contributed by atoms with Crippen LogP contribution in [0, 0.1) is 5.92 Å². The van der Waals surface area contributed by atoms with Gasteiger partial charge in [-0.2, -0.15) is 0 Å². The van der Waals surface area contributed by atoms with Crippen molar-refractivity contribution >= 4 is 17.7 Å². The van der Waals surface area contributed by atoms with Crippen LogP contribution in [0.2, 0.25) is 0 Å². The fourth-order valence-corrected chi connectivity index (χ4v) is 2.11. The van der Waals surface area contributed by atoms with E-state index in [-0.39, 0.29) is 5.92 Å². The molecule has 116 valence electrons. The maximum Gasteiger partial charge on any atom is 0.326 e. The summed E-state index contributed by atoms with van der Waals surface area (Å²) in [6.07, 6.45) is 2.53. The van der Waals surface area contributed by atoms with Crippen molar-refractivity contribution in [1.29, 1.82) is 0 Å². The van der Waals surface area contributed by atoms with Gasteiger partial charge < -0.3 is 15.7 Å². The second kappa shape index (κ2) is 8.29. The van der Waals surface area contributed by atoms with Crippen LogP contribution in [0.5, 0.6) is 0 Å². The van der Waals surface area contributed by atoms with Gasteiger partial charge in [0, 0.05) is 5.69 Å². The van der Waals surface area contributed by atoms with E-state index < -0.39 is 18.0 Å². The van der Waals surface area contributed by atoms with E-state index >= 15 is 0 Å². The summed E-state index contributed by atoms with van der Waals surface area (Å²) in [4.78, 5) is 23.2. The monoisotopic (exact) mass is 292 g/mol. The van der Waals surface area contributed by atoms with E-state index in [0.29, 0.717) is 6.42 Å². The second-order valence-corrected chi connectivity index (χ2v) is 5.21. The molecule has 0 heterocycles. The van der Waals surface area contributed by atoms with E-state index in [1.807, 2.05) is 38.1 Å². The molecule has 5 nitrogen and oxygen atoms in total. The number of hydrogen-bond donors (Lipinski definition) is 3. The van der Waals surface area contributed by atoms with E-state index in [1.54, 1.807) is 0 Å². The molecule has 5 heteroatoms. The summed E-state index contributed by atoms with van der Waals surface area (Å²) < 4.78 is 0. The van der Waals surface area contributed by atoms with Gasteiger partial charge in [-0.15, -0.1) is 0 Å². The molecule has 0 aliphatic carbocycles. The lowest BCUT2D eigenvalue weighted by molar-refractivity contribution is -0.140. The Kier molecular flexibility index (Phi) is 6.72. The highest BCUT2D eigenvalue weighted by molar-refractivity contribution is 5.93. The standard InChI is InChI=1S/C16H24N2O3/c1-4-8-12-9-6-7-10-13(12)17-16(21)18-14(15(19)20)11(3)5-2/h6-7,9-11,14H,4-5,8H2,1-3H3,(H,19,20)(H2,17,18,21). The van der Waals surface area contributed by atoms with Crippen LogP contribution >= 0.6 is 0 Å². The van der Waals surface area contributed by atoms with Crippen LogP contribution < -0.4 is 10.6 Å². The van der Waals surface area contributed by atoms with Gasteiger partial charge in [-0.1, -0.05) is 51.8 Å². The second-order valence-electron chi connectivity index (χ2n) is 5.21. The first kappa shape index (κ1) is 17.0. The highest BCUT2D eigenvalue weighted by atomic mass is 16.4. The summed E-state index contributed by atoms with van der Waals surface area (Å²) in [6.45, 7) is 5.78. The molecule has 3 N–H and O–H groups in total. The number of carbonyl (C=O) groups is 2. The van der Waals surface area contributed by atoms with Crippen molar-refractivity contribution in [1.82, 2.24) is 5.32 Å². The molecule has 1 aromatic rings. The van der Waals surface area contributed by atoms with Crippen LogP contribution in [-0.4, -0.2) is 23.1 Å². The van der Waals surface area contributed by atoms with Gasteiger partial charge in [0.05, 0.1) is 0 Å². The summed E-state index contributed by atoms with van der Waals surface area (Å²) in [5, 5.41) is 14.5. The number of hydrogen-bond acceptors (Lipinski definition) is 2. The topological polar surface area (TPSA) is 78.4 Å². The number of anilines is 1. The number of aliphatic carboxylic acids is 1. The molecular formula is C16H24N2O3. The minimum atomic E-state index is -1.01. The molecule has 2 unspecified atom stereocenters. The minimum absolute atomic E-state index is 0.126. The molecule has 0 aromatic heterocycles. The largest absolute Gasteiger partial charge is 0.480 e. The third-order valence-corrected chi connectivity index (χ3v) is 3.55. The third-order valence-electron chi connectivity index (χ3n) is 3.55. The molecule has 0 radical (unpaired) electrons. The Labute approximate surface area is 125 Å². The van der Waals surface area contributed by atoms with Gasteiger partial charge in [0.25, 0.3) is 0 Å². The molecular weight excluding hydrogens is 268 g/mol. The highest BCUT2D eigenvalue weighted by Gasteiger charge is 2.25. The summed E-state index contributed by atoms with van der Waals surface area (Å²) >= 11 is 0. The number of benzene rings is 1. The normalized spacial score (nSPS) is 13.3. The number of amides is 2. The molecule has 0 aliphatic rings. The van der Waals surface area contributed by atoms with E-state index in [2.05, 4.69) is 17.6 Å². The molecule has 0 aliphatic heterocycles. The number of nitrogens with one attached hydrogen (secondary N) is 2. The average molecular weight is 292 g/mol. The van der Waals surface area contributed by atoms with Gasteiger partial charge in [-0.05, 0) is 24.0 Å². The van der Waals surface area contributed by atoms with Crippen molar-refractivity contribution in [2.75, 3.05) is 5.32 Å². The van der Waals surface area contributed by atoms with E-state index in [4.69, 9.17) is 0 Å². The number of carboxylic acids is 1. The zero-order valence-electron chi connectivity index (χ0n) is 12.8. The van der Waals surface area contributed by atoms with Gasteiger partial charge in [0.1, 0.15) is 6.04 Å². The first-order valence-corrected chi connectivity index (χ1v) is 7.37. The minimum Gasteiger partial charge on any atom is -0.480 e. The number of carbonyl (C=O) groups excluding carboxylic acids is 1. The number of para-hydroxylation sites is 1. The Morgan fingerprint density at radius 1 is 1.24 bits per heavy atom. The van der Waals surface area contributed by atoms with Gasteiger partial charge in [0.2, 0.25) is 0 Å². The lowest BCUT2D eigenvalue weighted by Crippen LogP contribution is -2.46. The maximum absolute atomic E-state index is 12.0. The lowest BCUT2D eigenvalue weighted by atomic mass is 9.99. The summed E-state index contributed by atoms with van der Waals surface area (Å²) in [7, 11) is 0. The zero-order chi connectivity index (χ0) is 15.8.